The summed E-state index contributed by atoms with van der Waals surface area (Å²) in [6, 6.07) is 15.2. The number of rotatable bonds is 6. The van der Waals surface area contributed by atoms with E-state index in [-0.39, 0.29) is 6.10 Å². The monoisotopic (exact) mass is 284 g/mol. The second-order valence-electron chi connectivity index (χ2n) is 5.24. The molecule has 0 aliphatic rings. The zero-order chi connectivity index (χ0) is 15.2. The molecule has 0 fully saturated rings. The number of ether oxygens (including phenoxy) is 1. The molecule has 0 saturated heterocycles. The average Bonchev–Trinajstić information content (AvgIpc) is 2.48. The Kier molecular flexibility index (Phi) is 5.42. The predicted octanol–water partition coefficient (Wildman–Crippen LogP) is 2.60. The first-order chi connectivity index (χ1) is 10.1. The van der Waals surface area contributed by atoms with Gasteiger partial charge in [-0.2, -0.15) is 0 Å². The van der Waals surface area contributed by atoms with Gasteiger partial charge in [0.05, 0.1) is 6.10 Å². The van der Waals surface area contributed by atoms with Gasteiger partial charge in [0.1, 0.15) is 5.75 Å². The Morgan fingerprint density at radius 3 is 1.95 bits per heavy atom. The van der Waals surface area contributed by atoms with Crippen LogP contribution in [0.25, 0.3) is 11.1 Å². The van der Waals surface area contributed by atoms with E-state index in [0.717, 1.165) is 29.7 Å². The fourth-order valence-electron chi connectivity index (χ4n) is 2.27. The summed E-state index contributed by atoms with van der Waals surface area (Å²) in [6.45, 7) is 4.23. The first-order valence-electron chi connectivity index (χ1n) is 7.33. The van der Waals surface area contributed by atoms with Crippen molar-refractivity contribution in [1.29, 1.82) is 0 Å². The Labute approximate surface area is 126 Å². The van der Waals surface area contributed by atoms with E-state index in [4.69, 9.17) is 14.8 Å². The minimum atomic E-state index is -1.42. The van der Waals surface area contributed by atoms with Crippen LogP contribution in [0.1, 0.15) is 26.7 Å². The van der Waals surface area contributed by atoms with Crippen LogP contribution in [-0.4, -0.2) is 23.3 Å². The van der Waals surface area contributed by atoms with Gasteiger partial charge in [0.2, 0.25) is 0 Å². The molecule has 1 atom stereocenters. The highest BCUT2D eigenvalue weighted by Crippen LogP contribution is 2.22. The smallest absolute Gasteiger partial charge is 0.488 e. The van der Waals surface area contributed by atoms with Gasteiger partial charge in [-0.1, -0.05) is 49.7 Å². The molecule has 110 valence electrons. The molecule has 0 saturated carbocycles. The van der Waals surface area contributed by atoms with Gasteiger partial charge in [-0.25, -0.2) is 0 Å². The van der Waals surface area contributed by atoms with Crippen LogP contribution in [-0.2, 0) is 0 Å². The third-order valence-corrected chi connectivity index (χ3v) is 3.43. The van der Waals surface area contributed by atoms with Gasteiger partial charge >= 0.3 is 7.12 Å². The highest BCUT2D eigenvalue weighted by atomic mass is 16.5. The number of benzene rings is 2. The lowest BCUT2D eigenvalue weighted by Crippen LogP contribution is -2.29. The Morgan fingerprint density at radius 1 is 0.952 bits per heavy atom. The van der Waals surface area contributed by atoms with Crippen LogP contribution in [0.4, 0.5) is 0 Å². The standard InChI is InChI=1S/C17H21BO3/c1-3-4-13(2)21-17-11-7-15(8-12-17)14-5-9-16(10-6-14)18(19)20/h5-13,19-20H,3-4H2,1-2H3/t13-/m0/s1. The van der Waals surface area contributed by atoms with E-state index in [2.05, 4.69) is 13.8 Å². The Morgan fingerprint density at radius 2 is 1.48 bits per heavy atom. The Balaban J connectivity index is 2.07. The van der Waals surface area contributed by atoms with E-state index in [9.17, 15) is 0 Å². The van der Waals surface area contributed by atoms with Crippen molar-refractivity contribution in [1.82, 2.24) is 0 Å². The van der Waals surface area contributed by atoms with Crippen molar-refractivity contribution < 1.29 is 14.8 Å². The summed E-state index contributed by atoms with van der Waals surface area (Å²) in [6.07, 6.45) is 2.39. The summed E-state index contributed by atoms with van der Waals surface area (Å²) < 4.78 is 5.83. The zero-order valence-electron chi connectivity index (χ0n) is 12.5. The Bertz CT molecular complexity index is 549. The van der Waals surface area contributed by atoms with Crippen molar-refractivity contribution in [3.63, 3.8) is 0 Å². The van der Waals surface area contributed by atoms with E-state index in [1.807, 2.05) is 36.4 Å². The summed E-state index contributed by atoms with van der Waals surface area (Å²) >= 11 is 0. The summed E-state index contributed by atoms with van der Waals surface area (Å²) in [5.41, 5.74) is 2.60. The van der Waals surface area contributed by atoms with Gasteiger partial charge in [0.25, 0.3) is 0 Å². The molecule has 0 aliphatic heterocycles. The molecule has 2 aromatic carbocycles. The van der Waals surface area contributed by atoms with E-state index in [0.29, 0.717) is 5.46 Å². The lowest BCUT2D eigenvalue weighted by Gasteiger charge is -2.14. The molecule has 2 aromatic rings. The summed E-state index contributed by atoms with van der Waals surface area (Å²) in [5.74, 6) is 0.877. The molecule has 4 heteroatoms. The molecular weight excluding hydrogens is 263 g/mol. The maximum absolute atomic E-state index is 9.09. The van der Waals surface area contributed by atoms with Crippen LogP contribution in [0.5, 0.6) is 5.75 Å². The highest BCUT2D eigenvalue weighted by molar-refractivity contribution is 6.58. The van der Waals surface area contributed by atoms with Gasteiger partial charge in [0, 0.05) is 0 Å². The van der Waals surface area contributed by atoms with Crippen LogP contribution < -0.4 is 10.2 Å². The first kappa shape index (κ1) is 15.6. The first-order valence-corrected chi connectivity index (χ1v) is 7.33. The van der Waals surface area contributed by atoms with Crippen molar-refractivity contribution in [2.75, 3.05) is 0 Å². The summed E-state index contributed by atoms with van der Waals surface area (Å²) in [4.78, 5) is 0. The Hall–Kier alpha value is -1.78. The maximum Gasteiger partial charge on any atom is 0.488 e. The van der Waals surface area contributed by atoms with Gasteiger partial charge in [0.15, 0.2) is 0 Å². The van der Waals surface area contributed by atoms with Gasteiger partial charge in [-0.3, -0.25) is 0 Å². The molecule has 2 N–H and O–H groups in total. The minimum absolute atomic E-state index is 0.228. The second kappa shape index (κ2) is 7.30. The van der Waals surface area contributed by atoms with Gasteiger partial charge < -0.3 is 14.8 Å². The van der Waals surface area contributed by atoms with E-state index in [1.54, 1.807) is 12.1 Å². The molecule has 2 rings (SSSR count). The van der Waals surface area contributed by atoms with Crippen LogP contribution in [0.3, 0.4) is 0 Å². The van der Waals surface area contributed by atoms with Crippen molar-refractivity contribution >= 4 is 12.6 Å². The van der Waals surface area contributed by atoms with Crippen molar-refractivity contribution in [2.24, 2.45) is 0 Å². The minimum Gasteiger partial charge on any atom is -0.491 e. The molecule has 0 aliphatic carbocycles. The molecule has 0 radical (unpaired) electrons. The summed E-state index contributed by atoms with van der Waals surface area (Å²) in [5, 5.41) is 18.2. The molecular formula is C17H21BO3. The molecule has 0 bridgehead atoms. The maximum atomic E-state index is 9.09. The van der Waals surface area contributed by atoms with Crippen molar-refractivity contribution in [2.45, 2.75) is 32.8 Å². The molecule has 0 spiro atoms. The predicted molar refractivity (Wildman–Crippen MR) is 86.7 cm³/mol. The number of hydrogen-bond acceptors (Lipinski definition) is 3. The third-order valence-electron chi connectivity index (χ3n) is 3.43. The molecule has 3 nitrogen and oxygen atoms in total. The number of hydrogen-bond donors (Lipinski definition) is 2. The van der Waals surface area contributed by atoms with Crippen LogP contribution >= 0.6 is 0 Å². The highest BCUT2D eigenvalue weighted by Gasteiger charge is 2.10. The molecule has 21 heavy (non-hydrogen) atoms. The average molecular weight is 284 g/mol. The summed E-state index contributed by atoms with van der Waals surface area (Å²) in [7, 11) is -1.42. The molecule has 0 amide bonds. The van der Waals surface area contributed by atoms with Crippen LogP contribution in [0, 0.1) is 0 Å². The van der Waals surface area contributed by atoms with E-state index < -0.39 is 7.12 Å². The molecule has 0 aromatic heterocycles. The van der Waals surface area contributed by atoms with Gasteiger partial charge in [-0.05, 0) is 42.1 Å². The quantitative estimate of drug-likeness (QED) is 0.802. The fourth-order valence-corrected chi connectivity index (χ4v) is 2.27. The SMILES string of the molecule is CCC[C@H](C)Oc1ccc(-c2ccc(B(O)O)cc2)cc1. The normalized spacial score (nSPS) is 12.0. The lowest BCUT2D eigenvalue weighted by atomic mass is 9.80. The van der Waals surface area contributed by atoms with Crippen molar-refractivity contribution in [3.8, 4) is 16.9 Å². The molecule has 0 unspecified atom stereocenters. The zero-order valence-corrected chi connectivity index (χ0v) is 12.5. The van der Waals surface area contributed by atoms with Crippen LogP contribution in [0.2, 0.25) is 0 Å². The van der Waals surface area contributed by atoms with Crippen molar-refractivity contribution in [3.05, 3.63) is 48.5 Å². The molecule has 0 heterocycles. The van der Waals surface area contributed by atoms with E-state index >= 15 is 0 Å². The van der Waals surface area contributed by atoms with Gasteiger partial charge in [-0.15, -0.1) is 0 Å². The second-order valence-corrected chi connectivity index (χ2v) is 5.24. The third kappa shape index (κ3) is 4.35. The topological polar surface area (TPSA) is 49.7 Å². The van der Waals surface area contributed by atoms with E-state index in [1.165, 1.54) is 0 Å². The fraction of sp³-hybridized carbons (Fsp3) is 0.294. The lowest BCUT2D eigenvalue weighted by molar-refractivity contribution is 0.210. The van der Waals surface area contributed by atoms with Crippen LogP contribution in [0.15, 0.2) is 48.5 Å². The largest absolute Gasteiger partial charge is 0.491 e.